The van der Waals surface area contributed by atoms with Gasteiger partial charge in [-0.3, -0.25) is 4.79 Å². The summed E-state index contributed by atoms with van der Waals surface area (Å²) in [5.74, 6) is 0.339. The van der Waals surface area contributed by atoms with Crippen molar-refractivity contribution in [3.05, 3.63) is 54.1 Å². The van der Waals surface area contributed by atoms with Gasteiger partial charge in [0.15, 0.2) is 0 Å². The Labute approximate surface area is 131 Å². The molecule has 2 N–H and O–H groups in total. The summed E-state index contributed by atoms with van der Waals surface area (Å²) in [4.78, 5) is 19.4. The topological polar surface area (TPSA) is 57.8 Å². The lowest BCUT2D eigenvalue weighted by Gasteiger charge is -2.04. The molecule has 0 saturated carbocycles. The molecule has 0 atom stereocenters. The van der Waals surface area contributed by atoms with Crippen LogP contribution in [0.2, 0.25) is 0 Å². The Morgan fingerprint density at radius 1 is 1.32 bits per heavy atom. The van der Waals surface area contributed by atoms with Crippen molar-refractivity contribution >= 4 is 34.3 Å². The second kappa shape index (κ2) is 6.19. The Kier molecular flexibility index (Phi) is 4.11. The molecule has 112 valence electrons. The molecule has 0 aliphatic heterocycles. The van der Waals surface area contributed by atoms with E-state index in [0.29, 0.717) is 16.8 Å². The second-order valence-electron chi connectivity index (χ2n) is 4.69. The van der Waals surface area contributed by atoms with E-state index in [-0.39, 0.29) is 11.7 Å². The summed E-state index contributed by atoms with van der Waals surface area (Å²) in [6, 6.07) is 9.66. The summed E-state index contributed by atoms with van der Waals surface area (Å²) in [6.45, 7) is 2.06. The van der Waals surface area contributed by atoms with E-state index < -0.39 is 0 Å². The zero-order valence-corrected chi connectivity index (χ0v) is 12.7. The Balaban J connectivity index is 1.77. The van der Waals surface area contributed by atoms with Crippen molar-refractivity contribution in [2.75, 3.05) is 11.1 Å². The van der Waals surface area contributed by atoms with Crippen molar-refractivity contribution in [2.45, 2.75) is 11.9 Å². The maximum Gasteiger partial charge on any atom is 0.272 e. The number of aromatic nitrogens is 2. The highest BCUT2D eigenvalue weighted by Gasteiger charge is 2.10. The summed E-state index contributed by atoms with van der Waals surface area (Å²) in [5, 5.41) is 4.35. The first-order valence-electron chi connectivity index (χ1n) is 6.84. The maximum atomic E-state index is 13.2. The van der Waals surface area contributed by atoms with Gasteiger partial charge in [-0.25, -0.2) is 9.37 Å². The zero-order chi connectivity index (χ0) is 15.5. The number of benzene rings is 1. The van der Waals surface area contributed by atoms with Gasteiger partial charge in [0.2, 0.25) is 0 Å². The van der Waals surface area contributed by atoms with E-state index in [0.717, 1.165) is 16.3 Å². The van der Waals surface area contributed by atoms with E-state index in [1.807, 2.05) is 12.1 Å². The van der Waals surface area contributed by atoms with Crippen molar-refractivity contribution in [1.29, 1.82) is 0 Å². The van der Waals surface area contributed by atoms with Gasteiger partial charge in [-0.15, -0.1) is 11.8 Å². The molecule has 0 aliphatic rings. The number of carbonyl (C=O) groups is 1. The molecule has 2 aromatic heterocycles. The SMILES string of the molecule is CCSc1ccc(NC(=O)c2cc3cc(F)ccc3[nH]2)cn1. The van der Waals surface area contributed by atoms with Gasteiger partial charge in [0, 0.05) is 10.9 Å². The highest BCUT2D eigenvalue weighted by atomic mass is 32.2. The Morgan fingerprint density at radius 2 is 2.18 bits per heavy atom. The molecule has 0 fully saturated rings. The number of hydrogen-bond donors (Lipinski definition) is 2. The predicted molar refractivity (Wildman–Crippen MR) is 86.8 cm³/mol. The summed E-state index contributed by atoms with van der Waals surface area (Å²) >= 11 is 1.64. The standard InChI is InChI=1S/C16H14FN3OS/c1-2-22-15-6-4-12(9-18-15)19-16(21)14-8-10-7-11(17)3-5-13(10)20-14/h3-9,20H,2H2,1H3,(H,19,21). The highest BCUT2D eigenvalue weighted by Crippen LogP contribution is 2.19. The number of carbonyl (C=O) groups excluding carboxylic acids is 1. The molecule has 0 aliphatic carbocycles. The van der Waals surface area contributed by atoms with Crippen LogP contribution >= 0.6 is 11.8 Å². The number of rotatable bonds is 4. The third kappa shape index (κ3) is 3.12. The number of H-pyrrole nitrogens is 1. The van der Waals surface area contributed by atoms with Crippen molar-refractivity contribution in [1.82, 2.24) is 9.97 Å². The average molecular weight is 315 g/mol. The van der Waals surface area contributed by atoms with E-state index in [2.05, 4.69) is 22.2 Å². The molecule has 3 rings (SSSR count). The second-order valence-corrected chi connectivity index (χ2v) is 5.97. The van der Waals surface area contributed by atoms with Gasteiger partial charge in [0.25, 0.3) is 5.91 Å². The molecule has 6 heteroatoms. The molecule has 4 nitrogen and oxygen atoms in total. The predicted octanol–water partition coefficient (Wildman–Crippen LogP) is 4.07. The van der Waals surface area contributed by atoms with Crippen LogP contribution in [0.5, 0.6) is 0 Å². The summed E-state index contributed by atoms with van der Waals surface area (Å²) in [7, 11) is 0. The summed E-state index contributed by atoms with van der Waals surface area (Å²) < 4.78 is 13.2. The molecule has 3 aromatic rings. The van der Waals surface area contributed by atoms with Crippen molar-refractivity contribution in [2.24, 2.45) is 0 Å². The molecule has 0 spiro atoms. The first-order valence-corrected chi connectivity index (χ1v) is 7.83. The van der Waals surface area contributed by atoms with Crippen LogP contribution in [0.1, 0.15) is 17.4 Å². The van der Waals surface area contributed by atoms with Gasteiger partial charge in [0.1, 0.15) is 11.5 Å². The monoisotopic (exact) mass is 315 g/mol. The normalized spacial score (nSPS) is 10.8. The molecule has 0 unspecified atom stereocenters. The minimum absolute atomic E-state index is 0.283. The number of hydrogen-bond acceptors (Lipinski definition) is 3. The summed E-state index contributed by atoms with van der Waals surface area (Å²) in [5.41, 5.74) is 1.72. The van der Waals surface area contributed by atoms with Crippen LogP contribution in [0.3, 0.4) is 0 Å². The highest BCUT2D eigenvalue weighted by molar-refractivity contribution is 7.99. The van der Waals surface area contributed by atoms with Crippen LogP contribution in [-0.4, -0.2) is 21.6 Å². The molecule has 0 radical (unpaired) electrons. The van der Waals surface area contributed by atoms with Gasteiger partial charge in [0.05, 0.1) is 16.9 Å². The quantitative estimate of drug-likeness (QED) is 0.714. The molecular weight excluding hydrogens is 301 g/mol. The lowest BCUT2D eigenvalue weighted by Crippen LogP contribution is -2.12. The lowest BCUT2D eigenvalue weighted by molar-refractivity contribution is 0.102. The number of anilines is 1. The zero-order valence-electron chi connectivity index (χ0n) is 11.9. The van der Waals surface area contributed by atoms with E-state index in [9.17, 15) is 9.18 Å². The molecule has 0 bridgehead atoms. The van der Waals surface area contributed by atoms with E-state index in [1.165, 1.54) is 12.1 Å². The molecule has 1 amide bonds. The number of thioether (sulfide) groups is 1. The molecule has 22 heavy (non-hydrogen) atoms. The maximum absolute atomic E-state index is 13.2. The van der Waals surface area contributed by atoms with E-state index >= 15 is 0 Å². The molecular formula is C16H14FN3OS. The Morgan fingerprint density at radius 3 is 2.91 bits per heavy atom. The molecule has 0 saturated heterocycles. The van der Waals surface area contributed by atoms with Crippen molar-refractivity contribution in [3.63, 3.8) is 0 Å². The minimum atomic E-state index is -0.327. The fraction of sp³-hybridized carbons (Fsp3) is 0.125. The molecule has 1 aromatic carbocycles. The number of nitrogens with one attached hydrogen (secondary N) is 2. The number of nitrogens with zero attached hydrogens (tertiary/aromatic N) is 1. The van der Waals surface area contributed by atoms with Crippen LogP contribution in [0, 0.1) is 5.82 Å². The van der Waals surface area contributed by atoms with Crippen LogP contribution < -0.4 is 5.32 Å². The average Bonchev–Trinajstić information content (AvgIpc) is 2.92. The van der Waals surface area contributed by atoms with Crippen molar-refractivity contribution < 1.29 is 9.18 Å². The number of pyridine rings is 1. The minimum Gasteiger partial charge on any atom is -0.351 e. The van der Waals surface area contributed by atoms with Gasteiger partial charge >= 0.3 is 0 Å². The van der Waals surface area contributed by atoms with Crippen LogP contribution in [0.25, 0.3) is 10.9 Å². The fourth-order valence-electron chi connectivity index (χ4n) is 2.11. The Hall–Kier alpha value is -2.34. The number of fused-ring (bicyclic) bond motifs is 1. The molecule has 2 heterocycles. The number of halogens is 1. The Bertz CT molecular complexity index is 814. The van der Waals surface area contributed by atoms with E-state index in [1.54, 1.807) is 30.1 Å². The van der Waals surface area contributed by atoms with Gasteiger partial charge < -0.3 is 10.3 Å². The van der Waals surface area contributed by atoms with Gasteiger partial charge in [-0.2, -0.15) is 0 Å². The van der Waals surface area contributed by atoms with E-state index in [4.69, 9.17) is 0 Å². The van der Waals surface area contributed by atoms with Crippen LogP contribution in [-0.2, 0) is 0 Å². The van der Waals surface area contributed by atoms with Gasteiger partial charge in [-0.05, 0) is 42.2 Å². The third-order valence-corrected chi connectivity index (χ3v) is 3.94. The van der Waals surface area contributed by atoms with Gasteiger partial charge in [-0.1, -0.05) is 6.92 Å². The van der Waals surface area contributed by atoms with Crippen LogP contribution in [0.15, 0.2) is 47.6 Å². The van der Waals surface area contributed by atoms with Crippen LogP contribution in [0.4, 0.5) is 10.1 Å². The summed E-state index contributed by atoms with van der Waals surface area (Å²) in [6.07, 6.45) is 1.62. The first kappa shape index (κ1) is 14.6. The third-order valence-electron chi connectivity index (χ3n) is 3.11. The fourth-order valence-corrected chi connectivity index (χ4v) is 2.70. The number of aromatic amines is 1. The van der Waals surface area contributed by atoms with Crippen molar-refractivity contribution in [3.8, 4) is 0 Å². The first-order chi connectivity index (χ1) is 10.7. The lowest BCUT2D eigenvalue weighted by atomic mass is 10.2. The smallest absolute Gasteiger partial charge is 0.272 e. The largest absolute Gasteiger partial charge is 0.351 e. The number of amides is 1.